The largest absolute Gasteiger partial charge is 0.0625 e. The van der Waals surface area contributed by atoms with Gasteiger partial charge in [-0.1, -0.05) is 41.5 Å². The first-order chi connectivity index (χ1) is 9.98. The van der Waals surface area contributed by atoms with E-state index in [2.05, 4.69) is 27.7 Å². The van der Waals surface area contributed by atoms with Crippen molar-refractivity contribution in [3.8, 4) is 0 Å². The van der Waals surface area contributed by atoms with Crippen molar-refractivity contribution < 1.29 is 6.85 Å². The van der Waals surface area contributed by atoms with Crippen LogP contribution in [0.1, 0.15) is 93.2 Å². The highest BCUT2D eigenvalue weighted by Gasteiger charge is 2.48. The lowest BCUT2D eigenvalue weighted by Gasteiger charge is -2.55. The number of rotatable bonds is 1. The maximum absolute atomic E-state index is 8.73. The van der Waals surface area contributed by atoms with Gasteiger partial charge in [-0.25, -0.2) is 0 Å². The Bertz CT molecular complexity index is 440. The highest BCUT2D eigenvalue weighted by Crippen LogP contribution is 2.60. The smallest absolute Gasteiger partial charge is 0.0305 e. The quantitative estimate of drug-likeness (QED) is 0.534. The second kappa shape index (κ2) is 4.53. The summed E-state index contributed by atoms with van der Waals surface area (Å²) >= 11 is 0. The Hall–Kier alpha value is 0. The summed E-state index contributed by atoms with van der Waals surface area (Å²) < 4.78 is 43.2. The van der Waals surface area contributed by atoms with Gasteiger partial charge in [0.1, 0.15) is 0 Å². The van der Waals surface area contributed by atoms with Crippen molar-refractivity contribution in [1.82, 2.24) is 0 Å². The van der Waals surface area contributed by atoms with Crippen molar-refractivity contribution >= 4 is 0 Å². The molecule has 2 aliphatic rings. The van der Waals surface area contributed by atoms with Crippen molar-refractivity contribution in [2.24, 2.45) is 28.1 Å². The minimum Gasteiger partial charge on any atom is -0.0625 e. The molecule has 18 heavy (non-hydrogen) atoms. The number of hydrogen-bond acceptors (Lipinski definition) is 0. The molecule has 0 amide bonds. The molecule has 0 nitrogen and oxygen atoms in total. The summed E-state index contributed by atoms with van der Waals surface area (Å²) in [7, 11) is 0. The van der Waals surface area contributed by atoms with E-state index in [1.54, 1.807) is 13.8 Å². The normalized spacial score (nSPS) is 47.6. The molecule has 1 spiro atoms. The minimum atomic E-state index is -1.81. The van der Waals surface area contributed by atoms with Crippen molar-refractivity contribution in [2.75, 3.05) is 0 Å². The van der Waals surface area contributed by atoms with E-state index in [1.807, 2.05) is 0 Å². The molecular formula is C18H34. The maximum Gasteiger partial charge on any atom is 0.0305 e. The maximum atomic E-state index is 8.73. The predicted octanol–water partition coefficient (Wildman–Crippen LogP) is 6.06. The van der Waals surface area contributed by atoms with Crippen LogP contribution in [0.15, 0.2) is 0 Å². The summed E-state index contributed by atoms with van der Waals surface area (Å²) in [5.74, 6) is -2.04. The Balaban J connectivity index is 2.50. The Morgan fingerprint density at radius 1 is 0.944 bits per heavy atom. The molecule has 0 heteroatoms. The molecule has 0 aromatic carbocycles. The van der Waals surface area contributed by atoms with Crippen molar-refractivity contribution in [3.63, 3.8) is 0 Å². The summed E-state index contributed by atoms with van der Waals surface area (Å²) in [6, 6.07) is 0. The monoisotopic (exact) mass is 255 g/mol. The molecule has 2 fully saturated rings. The highest BCUT2D eigenvalue weighted by molar-refractivity contribution is 4.99. The van der Waals surface area contributed by atoms with Gasteiger partial charge in [-0.2, -0.15) is 0 Å². The molecule has 2 saturated carbocycles. The first-order valence-electron chi connectivity index (χ1n) is 9.98. The second-order valence-electron chi connectivity index (χ2n) is 8.63. The van der Waals surface area contributed by atoms with Gasteiger partial charge in [-0.05, 0) is 72.9 Å². The van der Waals surface area contributed by atoms with Crippen LogP contribution in [0.3, 0.4) is 0 Å². The van der Waals surface area contributed by atoms with E-state index in [0.717, 1.165) is 19.3 Å². The van der Waals surface area contributed by atoms with E-state index < -0.39 is 18.6 Å². The van der Waals surface area contributed by atoms with E-state index in [-0.39, 0.29) is 22.2 Å². The molecule has 0 saturated heterocycles. The van der Waals surface area contributed by atoms with Crippen LogP contribution in [-0.2, 0) is 0 Å². The first-order valence-corrected chi connectivity index (χ1v) is 7.48. The van der Waals surface area contributed by atoms with Gasteiger partial charge in [0.2, 0.25) is 0 Å². The van der Waals surface area contributed by atoms with E-state index in [0.29, 0.717) is 12.8 Å². The molecule has 0 aromatic rings. The minimum absolute atomic E-state index is 0.0910. The predicted molar refractivity (Wildman–Crippen MR) is 80.6 cm³/mol. The van der Waals surface area contributed by atoms with Crippen LogP contribution in [0, 0.1) is 28.1 Å². The van der Waals surface area contributed by atoms with Crippen molar-refractivity contribution in [1.29, 1.82) is 0 Å². The van der Waals surface area contributed by atoms with Gasteiger partial charge in [-0.3, -0.25) is 0 Å². The summed E-state index contributed by atoms with van der Waals surface area (Å²) in [4.78, 5) is 0. The Kier molecular flexibility index (Phi) is 2.27. The lowest BCUT2D eigenvalue weighted by atomic mass is 9.50. The zero-order valence-electron chi connectivity index (χ0n) is 18.1. The number of hydrogen-bond donors (Lipinski definition) is 0. The summed E-state index contributed by atoms with van der Waals surface area (Å²) in [5.41, 5.74) is -0.154. The van der Waals surface area contributed by atoms with Gasteiger partial charge in [-0.15, -0.1) is 0 Å². The lowest BCUT2D eigenvalue weighted by molar-refractivity contribution is -0.0371. The van der Waals surface area contributed by atoms with Crippen LogP contribution in [-0.4, -0.2) is 0 Å². The molecule has 106 valence electrons. The summed E-state index contributed by atoms with van der Waals surface area (Å²) in [5, 5.41) is 0. The third kappa shape index (κ3) is 3.11. The molecule has 0 heterocycles. The third-order valence-electron chi connectivity index (χ3n) is 4.55. The molecule has 0 aliphatic heterocycles. The zero-order chi connectivity index (χ0) is 18.1. The molecule has 0 bridgehead atoms. The van der Waals surface area contributed by atoms with E-state index in [1.165, 1.54) is 0 Å². The van der Waals surface area contributed by atoms with Gasteiger partial charge >= 0.3 is 0 Å². The lowest BCUT2D eigenvalue weighted by Crippen LogP contribution is -2.43. The van der Waals surface area contributed by atoms with Crippen LogP contribution < -0.4 is 0 Å². The fourth-order valence-electron chi connectivity index (χ4n) is 4.86. The summed E-state index contributed by atoms with van der Waals surface area (Å²) in [6.45, 7) is 12.5. The van der Waals surface area contributed by atoms with Crippen LogP contribution in [0.5, 0.6) is 0 Å². The van der Waals surface area contributed by atoms with Crippen LogP contribution >= 0.6 is 0 Å². The summed E-state index contributed by atoms with van der Waals surface area (Å²) in [6.07, 6.45) is -0.196. The van der Waals surface area contributed by atoms with Crippen LogP contribution in [0.25, 0.3) is 0 Å². The molecule has 0 unspecified atom stereocenters. The average molecular weight is 256 g/mol. The molecule has 2 aliphatic carbocycles. The molecule has 0 N–H and O–H groups in total. The molecule has 0 atom stereocenters. The molecular weight excluding hydrogens is 216 g/mol. The zero-order valence-corrected chi connectivity index (χ0v) is 13.1. The molecule has 2 rings (SSSR count). The SMILES string of the molecule is [2H]C1([2H])CC2(CC(C)(C)CC(C)(C)C2)CC([2H])([2H])C1([2H])C(C)C. The van der Waals surface area contributed by atoms with Gasteiger partial charge in [0, 0.05) is 6.85 Å². The second-order valence-corrected chi connectivity index (χ2v) is 8.63. The van der Waals surface area contributed by atoms with Crippen LogP contribution in [0.4, 0.5) is 0 Å². The average Bonchev–Trinajstić information content (AvgIpc) is 2.17. The topological polar surface area (TPSA) is 0 Å². The van der Waals surface area contributed by atoms with Crippen molar-refractivity contribution in [3.05, 3.63) is 0 Å². The van der Waals surface area contributed by atoms with Crippen molar-refractivity contribution in [2.45, 2.75) is 86.4 Å². The fourth-order valence-corrected chi connectivity index (χ4v) is 4.86. The van der Waals surface area contributed by atoms with Gasteiger partial charge in [0.05, 0.1) is 0 Å². The van der Waals surface area contributed by atoms with E-state index in [9.17, 15) is 0 Å². The Labute approximate surface area is 122 Å². The Morgan fingerprint density at radius 2 is 1.39 bits per heavy atom. The van der Waals surface area contributed by atoms with Crippen LogP contribution in [0.2, 0.25) is 0 Å². The third-order valence-corrected chi connectivity index (χ3v) is 4.55. The van der Waals surface area contributed by atoms with Gasteiger partial charge in [0.15, 0.2) is 0 Å². The van der Waals surface area contributed by atoms with E-state index >= 15 is 0 Å². The Morgan fingerprint density at radius 3 is 1.78 bits per heavy atom. The van der Waals surface area contributed by atoms with Gasteiger partial charge < -0.3 is 0 Å². The molecule has 0 aromatic heterocycles. The first kappa shape index (κ1) is 9.03. The highest BCUT2D eigenvalue weighted by atomic mass is 14.5. The fraction of sp³-hybridized carbons (Fsp3) is 1.00. The van der Waals surface area contributed by atoms with Gasteiger partial charge in [0.25, 0.3) is 0 Å². The standard InChI is InChI=1S/C18H34/c1-14(2)15-7-9-18(10-8-15)12-16(3,4)11-17(5,6)13-18/h14-15H,7-13H2,1-6H3/i7D2,8D2,15D. The molecule has 0 radical (unpaired) electrons. The van der Waals surface area contributed by atoms with E-state index in [4.69, 9.17) is 6.85 Å².